The monoisotopic (exact) mass is 321 g/mol. The van der Waals surface area contributed by atoms with Gasteiger partial charge in [0.1, 0.15) is 12.1 Å². The van der Waals surface area contributed by atoms with Gasteiger partial charge in [-0.05, 0) is 36.9 Å². The summed E-state index contributed by atoms with van der Waals surface area (Å²) in [5, 5.41) is 2.75. The Morgan fingerprint density at radius 3 is 2.68 bits per heavy atom. The lowest BCUT2D eigenvalue weighted by atomic mass is 10.3. The number of benzene rings is 1. The Kier molecular flexibility index (Phi) is 5.71. The SMILES string of the molecule is CCc1ncnc(Oc2ccc(NC(=O)CSC)cc2)c1F. The molecule has 2 aromatic rings. The van der Waals surface area contributed by atoms with E-state index in [-0.39, 0.29) is 11.8 Å². The maximum atomic E-state index is 14.0. The molecule has 0 radical (unpaired) electrons. The van der Waals surface area contributed by atoms with Gasteiger partial charge in [0, 0.05) is 5.69 Å². The number of nitrogens with zero attached hydrogens (tertiary/aromatic N) is 2. The molecule has 0 aliphatic carbocycles. The molecule has 2 rings (SSSR count). The molecule has 0 bridgehead atoms. The van der Waals surface area contributed by atoms with Gasteiger partial charge in [-0.15, -0.1) is 0 Å². The fourth-order valence-electron chi connectivity index (χ4n) is 1.75. The first-order valence-corrected chi connectivity index (χ1v) is 8.09. The third-order valence-electron chi connectivity index (χ3n) is 2.79. The third-order valence-corrected chi connectivity index (χ3v) is 3.34. The van der Waals surface area contributed by atoms with Crippen LogP contribution in [0.1, 0.15) is 12.6 Å². The summed E-state index contributed by atoms with van der Waals surface area (Å²) in [6, 6.07) is 6.66. The average molecular weight is 321 g/mol. The number of anilines is 1. The van der Waals surface area contributed by atoms with E-state index in [2.05, 4.69) is 15.3 Å². The van der Waals surface area contributed by atoms with Crippen molar-refractivity contribution in [1.82, 2.24) is 9.97 Å². The van der Waals surface area contributed by atoms with Crippen LogP contribution in [0.25, 0.3) is 0 Å². The number of ether oxygens (including phenoxy) is 1. The van der Waals surface area contributed by atoms with E-state index in [4.69, 9.17) is 4.74 Å². The molecule has 1 N–H and O–H groups in total. The van der Waals surface area contributed by atoms with E-state index in [0.29, 0.717) is 29.3 Å². The fourth-order valence-corrected chi connectivity index (χ4v) is 2.09. The highest BCUT2D eigenvalue weighted by molar-refractivity contribution is 7.99. The van der Waals surface area contributed by atoms with Crippen molar-refractivity contribution in [3.8, 4) is 11.6 Å². The molecule has 0 saturated heterocycles. The second-order valence-electron chi connectivity index (χ2n) is 4.40. The Balaban J connectivity index is 2.07. The lowest BCUT2D eigenvalue weighted by Gasteiger charge is -2.08. The van der Waals surface area contributed by atoms with Crippen LogP contribution in [0.4, 0.5) is 10.1 Å². The highest BCUT2D eigenvalue weighted by Gasteiger charge is 2.11. The van der Waals surface area contributed by atoms with Crippen LogP contribution in [-0.4, -0.2) is 27.9 Å². The summed E-state index contributed by atoms with van der Waals surface area (Å²) in [6.07, 6.45) is 3.59. The van der Waals surface area contributed by atoms with Gasteiger partial charge in [0.2, 0.25) is 11.7 Å². The molecule has 0 aliphatic heterocycles. The minimum Gasteiger partial charge on any atom is -0.436 e. The normalized spacial score (nSPS) is 10.3. The molecule has 0 saturated carbocycles. The van der Waals surface area contributed by atoms with Gasteiger partial charge in [0.15, 0.2) is 0 Å². The minimum absolute atomic E-state index is 0.0735. The van der Waals surface area contributed by atoms with Crippen LogP contribution in [-0.2, 0) is 11.2 Å². The molecule has 1 aromatic heterocycles. The molecular weight excluding hydrogens is 305 g/mol. The maximum Gasteiger partial charge on any atom is 0.259 e. The highest BCUT2D eigenvalue weighted by atomic mass is 32.2. The largest absolute Gasteiger partial charge is 0.436 e. The molecule has 0 aliphatic rings. The number of hydrogen-bond donors (Lipinski definition) is 1. The van der Waals surface area contributed by atoms with Crippen molar-refractivity contribution in [2.24, 2.45) is 0 Å². The van der Waals surface area contributed by atoms with Gasteiger partial charge in [0.25, 0.3) is 5.88 Å². The van der Waals surface area contributed by atoms with Crippen molar-refractivity contribution >= 4 is 23.4 Å². The number of carbonyl (C=O) groups is 1. The highest BCUT2D eigenvalue weighted by Crippen LogP contribution is 2.24. The summed E-state index contributed by atoms with van der Waals surface area (Å²) in [7, 11) is 0. The van der Waals surface area contributed by atoms with Crippen LogP contribution in [0.2, 0.25) is 0 Å². The minimum atomic E-state index is -0.553. The van der Waals surface area contributed by atoms with Crippen LogP contribution < -0.4 is 10.1 Å². The number of thioether (sulfide) groups is 1. The summed E-state index contributed by atoms with van der Waals surface area (Å²) in [4.78, 5) is 19.1. The molecule has 0 unspecified atom stereocenters. The number of nitrogens with one attached hydrogen (secondary N) is 1. The molecule has 1 heterocycles. The zero-order valence-electron chi connectivity index (χ0n) is 12.3. The van der Waals surface area contributed by atoms with Crippen LogP contribution in [0, 0.1) is 5.82 Å². The number of aromatic nitrogens is 2. The number of amides is 1. The predicted molar refractivity (Wildman–Crippen MR) is 84.9 cm³/mol. The van der Waals surface area contributed by atoms with Crippen molar-refractivity contribution < 1.29 is 13.9 Å². The van der Waals surface area contributed by atoms with Crippen molar-refractivity contribution in [3.63, 3.8) is 0 Å². The molecule has 0 spiro atoms. The van der Waals surface area contributed by atoms with Crippen molar-refractivity contribution in [2.75, 3.05) is 17.3 Å². The Morgan fingerprint density at radius 2 is 2.05 bits per heavy atom. The van der Waals surface area contributed by atoms with E-state index in [1.807, 2.05) is 6.26 Å². The van der Waals surface area contributed by atoms with E-state index in [0.717, 1.165) is 0 Å². The third kappa shape index (κ3) is 4.17. The number of carbonyl (C=O) groups excluding carboxylic acids is 1. The number of halogens is 1. The standard InChI is InChI=1S/C15H16FN3O2S/c1-3-12-14(16)15(18-9-17-12)21-11-6-4-10(5-7-11)19-13(20)8-22-2/h4-7,9H,3,8H2,1-2H3,(H,19,20). The second kappa shape index (κ2) is 7.74. The number of rotatable bonds is 6. The van der Waals surface area contributed by atoms with Crippen LogP contribution >= 0.6 is 11.8 Å². The smallest absolute Gasteiger partial charge is 0.259 e. The second-order valence-corrected chi connectivity index (χ2v) is 5.27. The zero-order valence-corrected chi connectivity index (χ0v) is 13.1. The van der Waals surface area contributed by atoms with Gasteiger partial charge in [-0.3, -0.25) is 4.79 Å². The first-order valence-electron chi connectivity index (χ1n) is 6.70. The molecule has 0 fully saturated rings. The van der Waals surface area contributed by atoms with Crippen molar-refractivity contribution in [2.45, 2.75) is 13.3 Å². The molecule has 0 atom stereocenters. The lowest BCUT2D eigenvalue weighted by Crippen LogP contribution is -2.13. The summed E-state index contributed by atoms with van der Waals surface area (Å²) in [5.41, 5.74) is 0.967. The van der Waals surface area contributed by atoms with Crippen LogP contribution in [0.3, 0.4) is 0 Å². The van der Waals surface area contributed by atoms with E-state index >= 15 is 0 Å². The van der Waals surface area contributed by atoms with E-state index in [1.165, 1.54) is 18.1 Å². The van der Waals surface area contributed by atoms with Crippen LogP contribution in [0.15, 0.2) is 30.6 Å². The predicted octanol–water partition coefficient (Wildman–Crippen LogP) is 3.27. The number of hydrogen-bond acceptors (Lipinski definition) is 5. The first kappa shape index (κ1) is 16.2. The van der Waals surface area contributed by atoms with Gasteiger partial charge in [0.05, 0.1) is 11.4 Å². The van der Waals surface area contributed by atoms with E-state index in [9.17, 15) is 9.18 Å². The summed E-state index contributed by atoms with van der Waals surface area (Å²) in [6.45, 7) is 1.81. The van der Waals surface area contributed by atoms with Crippen molar-refractivity contribution in [1.29, 1.82) is 0 Å². The molecule has 1 amide bonds. The van der Waals surface area contributed by atoms with Gasteiger partial charge in [-0.25, -0.2) is 4.98 Å². The molecule has 22 heavy (non-hydrogen) atoms. The zero-order chi connectivity index (χ0) is 15.9. The van der Waals surface area contributed by atoms with Gasteiger partial charge < -0.3 is 10.1 Å². The Hall–Kier alpha value is -2.15. The average Bonchev–Trinajstić information content (AvgIpc) is 2.51. The lowest BCUT2D eigenvalue weighted by molar-refractivity contribution is -0.113. The first-order chi connectivity index (χ1) is 10.6. The van der Waals surface area contributed by atoms with Gasteiger partial charge in [-0.2, -0.15) is 21.1 Å². The Labute approximate surface area is 132 Å². The summed E-state index contributed by atoms with van der Waals surface area (Å²) >= 11 is 1.45. The Bertz CT molecular complexity index is 650. The van der Waals surface area contributed by atoms with Gasteiger partial charge >= 0.3 is 0 Å². The topological polar surface area (TPSA) is 64.1 Å². The van der Waals surface area contributed by atoms with E-state index in [1.54, 1.807) is 31.2 Å². The molecule has 1 aromatic carbocycles. The van der Waals surface area contributed by atoms with Gasteiger partial charge in [-0.1, -0.05) is 6.92 Å². The fraction of sp³-hybridized carbons (Fsp3) is 0.267. The molecule has 5 nitrogen and oxygen atoms in total. The number of aryl methyl sites for hydroxylation is 1. The van der Waals surface area contributed by atoms with Crippen LogP contribution in [0.5, 0.6) is 11.6 Å². The maximum absolute atomic E-state index is 14.0. The Morgan fingerprint density at radius 1 is 1.32 bits per heavy atom. The molecular formula is C15H16FN3O2S. The molecule has 116 valence electrons. The summed E-state index contributed by atoms with van der Waals surface area (Å²) < 4.78 is 19.4. The van der Waals surface area contributed by atoms with Crippen molar-refractivity contribution in [3.05, 3.63) is 42.1 Å². The quantitative estimate of drug-likeness (QED) is 0.884. The van der Waals surface area contributed by atoms with E-state index < -0.39 is 5.82 Å². The summed E-state index contributed by atoms with van der Waals surface area (Å²) in [5.74, 6) is 0.0935. The molecule has 7 heteroatoms.